The van der Waals surface area contributed by atoms with Gasteiger partial charge in [-0.25, -0.2) is 8.78 Å². The molecule has 3 aromatic rings. The summed E-state index contributed by atoms with van der Waals surface area (Å²) in [6.45, 7) is 0.174. The minimum Gasteiger partial charge on any atom is -0.454 e. The number of hydrogen-bond donors (Lipinski definition) is 1. The molecule has 1 N–H and O–H groups in total. The number of fused-ring (bicyclic) bond motifs is 2. The first-order valence-electron chi connectivity index (χ1n) is 12.3. The Morgan fingerprint density at radius 1 is 0.919 bits per heavy atom. The van der Waals surface area contributed by atoms with Crippen LogP contribution >= 0.6 is 0 Å². The van der Waals surface area contributed by atoms with Crippen molar-refractivity contribution in [2.75, 3.05) is 6.79 Å². The molecule has 3 aliphatic rings. The van der Waals surface area contributed by atoms with Gasteiger partial charge >= 0.3 is 0 Å². The minimum absolute atomic E-state index is 0.0104. The van der Waals surface area contributed by atoms with Crippen molar-refractivity contribution >= 4 is 22.7 Å². The highest BCUT2D eigenvalue weighted by atomic mass is 19.3. The summed E-state index contributed by atoms with van der Waals surface area (Å²) >= 11 is 0. The van der Waals surface area contributed by atoms with Crippen LogP contribution in [-0.4, -0.2) is 29.9 Å². The highest BCUT2D eigenvalue weighted by molar-refractivity contribution is 6.01. The summed E-state index contributed by atoms with van der Waals surface area (Å²) < 4.78 is 44.6. The van der Waals surface area contributed by atoms with Crippen LogP contribution in [0.5, 0.6) is 11.5 Å². The third-order valence-corrected chi connectivity index (χ3v) is 7.76. The molecule has 1 aliphatic heterocycles. The number of alkyl halides is 2. The molecular weight excluding hydrogens is 482 g/mol. The maximum Gasteiger partial charge on any atom is 0.287 e. The SMILES string of the molecule is N#CC1(CC(=O)C2(NC(=O)c3cc4ccc(-c5ccc6c(c5)OCO6)cc4o3)CCC(F)(F)CC2)CC1. The lowest BCUT2D eigenvalue weighted by atomic mass is 9.74. The molecule has 0 bridgehead atoms. The molecule has 0 unspecified atom stereocenters. The zero-order chi connectivity index (χ0) is 25.8. The van der Waals surface area contributed by atoms with E-state index in [4.69, 9.17) is 13.9 Å². The number of hydrogen-bond acceptors (Lipinski definition) is 6. The molecule has 6 rings (SSSR count). The van der Waals surface area contributed by atoms with Crippen LogP contribution in [0.25, 0.3) is 22.1 Å². The Morgan fingerprint density at radius 2 is 1.62 bits per heavy atom. The van der Waals surface area contributed by atoms with E-state index in [9.17, 15) is 23.6 Å². The molecule has 2 aromatic carbocycles. The van der Waals surface area contributed by atoms with Crippen molar-refractivity contribution in [2.24, 2.45) is 5.41 Å². The summed E-state index contributed by atoms with van der Waals surface area (Å²) in [4.78, 5) is 26.6. The summed E-state index contributed by atoms with van der Waals surface area (Å²) in [6, 6.07) is 14.8. The molecule has 0 saturated heterocycles. The molecule has 7 nitrogen and oxygen atoms in total. The van der Waals surface area contributed by atoms with E-state index >= 15 is 0 Å². The van der Waals surface area contributed by atoms with Gasteiger partial charge in [0, 0.05) is 24.6 Å². The normalized spacial score (nSPS) is 20.2. The van der Waals surface area contributed by atoms with E-state index < -0.39 is 35.6 Å². The molecule has 0 radical (unpaired) electrons. The molecule has 1 aromatic heterocycles. The molecule has 2 heterocycles. The molecule has 190 valence electrons. The quantitative estimate of drug-likeness (QED) is 0.456. The largest absolute Gasteiger partial charge is 0.454 e. The average molecular weight is 507 g/mol. The van der Waals surface area contributed by atoms with E-state index in [0.717, 1.165) is 11.1 Å². The van der Waals surface area contributed by atoms with Crippen LogP contribution in [0.4, 0.5) is 8.78 Å². The number of carbonyl (C=O) groups is 2. The number of nitrogens with one attached hydrogen (secondary N) is 1. The van der Waals surface area contributed by atoms with Gasteiger partial charge in [-0.15, -0.1) is 0 Å². The molecule has 1 amide bonds. The van der Waals surface area contributed by atoms with E-state index in [2.05, 4.69) is 11.4 Å². The van der Waals surface area contributed by atoms with Gasteiger partial charge in [-0.05, 0) is 61.1 Å². The van der Waals surface area contributed by atoms with Crippen molar-refractivity contribution in [1.82, 2.24) is 5.32 Å². The Balaban J connectivity index is 1.25. The van der Waals surface area contributed by atoms with Crippen LogP contribution in [-0.2, 0) is 4.79 Å². The Hall–Kier alpha value is -3.93. The van der Waals surface area contributed by atoms with Crippen LogP contribution in [0.15, 0.2) is 46.9 Å². The van der Waals surface area contributed by atoms with Crippen molar-refractivity contribution in [3.63, 3.8) is 0 Å². The number of carbonyl (C=O) groups excluding carboxylic acids is 2. The molecule has 37 heavy (non-hydrogen) atoms. The maximum atomic E-state index is 14.0. The summed E-state index contributed by atoms with van der Waals surface area (Å²) in [7, 11) is 0. The van der Waals surface area contributed by atoms with E-state index in [0.29, 0.717) is 35.3 Å². The minimum atomic E-state index is -2.88. The number of benzene rings is 2. The molecule has 9 heteroatoms. The van der Waals surface area contributed by atoms with Gasteiger partial charge in [0.05, 0.1) is 17.0 Å². The topological polar surface area (TPSA) is 102 Å². The van der Waals surface area contributed by atoms with Crippen LogP contribution in [0.1, 0.15) is 55.5 Å². The lowest BCUT2D eigenvalue weighted by Crippen LogP contribution is -2.58. The van der Waals surface area contributed by atoms with E-state index in [1.165, 1.54) is 0 Å². The number of Topliss-reactive ketones (excluding diaryl/α,β-unsaturated/α-hetero) is 1. The second-order valence-electron chi connectivity index (χ2n) is 10.3. The van der Waals surface area contributed by atoms with Crippen molar-refractivity contribution in [1.29, 1.82) is 5.26 Å². The van der Waals surface area contributed by atoms with Gasteiger partial charge in [-0.2, -0.15) is 5.26 Å². The van der Waals surface area contributed by atoms with Gasteiger partial charge in [0.2, 0.25) is 12.7 Å². The summed E-state index contributed by atoms with van der Waals surface area (Å²) in [6.07, 6.45) is -0.208. The number of rotatable bonds is 6. The predicted molar refractivity (Wildman–Crippen MR) is 128 cm³/mol. The number of furan rings is 1. The predicted octanol–water partition coefficient (Wildman–Crippen LogP) is 5.77. The van der Waals surface area contributed by atoms with Crippen molar-refractivity contribution in [3.05, 3.63) is 48.2 Å². The molecular formula is C28H24F2N2O5. The van der Waals surface area contributed by atoms with Gasteiger partial charge in [0.25, 0.3) is 5.91 Å². The molecule has 2 aliphatic carbocycles. The van der Waals surface area contributed by atoms with Crippen molar-refractivity contribution in [2.45, 2.75) is 56.4 Å². The highest BCUT2D eigenvalue weighted by Crippen LogP contribution is 2.50. The second kappa shape index (κ2) is 8.30. The van der Waals surface area contributed by atoms with Gasteiger partial charge < -0.3 is 19.2 Å². The van der Waals surface area contributed by atoms with E-state index in [1.54, 1.807) is 12.1 Å². The smallest absolute Gasteiger partial charge is 0.287 e. The molecule has 2 fully saturated rings. The Kier molecular flexibility index (Phi) is 5.26. The fraction of sp³-hybridized carbons (Fsp3) is 0.393. The van der Waals surface area contributed by atoms with Crippen LogP contribution in [0.2, 0.25) is 0 Å². The lowest BCUT2D eigenvalue weighted by molar-refractivity contribution is -0.131. The van der Waals surface area contributed by atoms with Crippen LogP contribution in [0, 0.1) is 16.7 Å². The van der Waals surface area contributed by atoms with Gasteiger partial charge in [0.1, 0.15) is 5.58 Å². The van der Waals surface area contributed by atoms with Crippen molar-refractivity contribution in [3.8, 4) is 28.7 Å². The monoisotopic (exact) mass is 506 g/mol. The number of amides is 1. The number of nitriles is 1. The Labute approximate surface area is 211 Å². The van der Waals surface area contributed by atoms with E-state index in [1.807, 2.05) is 30.3 Å². The summed E-state index contributed by atoms with van der Waals surface area (Å²) in [5.74, 6) is -2.57. The average Bonchev–Trinajstić information content (AvgIpc) is 3.29. The van der Waals surface area contributed by atoms with Gasteiger partial charge in [-0.1, -0.05) is 18.2 Å². The standard InChI is InChI=1S/C28H24F2N2O5/c29-28(30)9-7-27(8-10-28,24(33)14-26(15-31)5-6-26)32-25(34)23-13-19-2-1-17(11-21(19)37-23)18-3-4-20-22(12-18)36-16-35-20/h1-4,11-13H,5-10,14,16H2,(H,32,34). The second-order valence-corrected chi connectivity index (χ2v) is 10.3. The number of ketones is 1. The zero-order valence-corrected chi connectivity index (χ0v) is 19.9. The fourth-order valence-corrected chi connectivity index (χ4v) is 5.15. The maximum absolute atomic E-state index is 14.0. The number of ether oxygens (including phenoxy) is 2. The summed E-state index contributed by atoms with van der Waals surface area (Å²) in [5.41, 5.74) is 0.0192. The first kappa shape index (κ1) is 23.5. The molecule has 0 atom stereocenters. The third-order valence-electron chi connectivity index (χ3n) is 7.76. The number of nitrogens with zero attached hydrogens (tertiary/aromatic N) is 1. The molecule has 0 spiro atoms. The van der Waals surface area contributed by atoms with Gasteiger partial charge in [0.15, 0.2) is 23.0 Å². The van der Waals surface area contributed by atoms with Gasteiger partial charge in [-0.3, -0.25) is 9.59 Å². The Morgan fingerprint density at radius 3 is 2.35 bits per heavy atom. The zero-order valence-electron chi connectivity index (χ0n) is 19.9. The van der Waals surface area contributed by atoms with E-state index in [-0.39, 0.29) is 37.6 Å². The molecule has 2 saturated carbocycles. The third kappa shape index (κ3) is 4.31. The Bertz CT molecular complexity index is 1460. The summed E-state index contributed by atoms with van der Waals surface area (Å²) in [5, 5.41) is 12.9. The van der Waals surface area contributed by atoms with Crippen LogP contribution in [0.3, 0.4) is 0 Å². The van der Waals surface area contributed by atoms with Crippen LogP contribution < -0.4 is 14.8 Å². The first-order chi connectivity index (χ1) is 17.7. The first-order valence-corrected chi connectivity index (χ1v) is 12.3. The highest BCUT2D eigenvalue weighted by Gasteiger charge is 2.53. The fourth-order valence-electron chi connectivity index (χ4n) is 5.15. The number of halogens is 2. The lowest BCUT2D eigenvalue weighted by Gasteiger charge is -2.39. The van der Waals surface area contributed by atoms with Crippen molar-refractivity contribution < 1.29 is 32.3 Å².